The third-order valence-electron chi connectivity index (χ3n) is 4.76. The standard InChI is InChI=1S/C7H5O2.3C4H9.Sn/c8-7(9)6-4-2-1-3-5-6;3*1-3-4-2;/h1-4H,(H,8,9);3*1,3-4H2,2H3;. The quantitative estimate of drug-likeness (QED) is 0.493. The molecule has 0 heterocycles. The Kier molecular flexibility index (Phi) is 9.14. The summed E-state index contributed by atoms with van der Waals surface area (Å²) in [4.78, 5) is 11.7. The van der Waals surface area contributed by atoms with Gasteiger partial charge in [-0.25, -0.2) is 0 Å². The average molecular weight is 411 g/mol. The van der Waals surface area contributed by atoms with Gasteiger partial charge < -0.3 is 0 Å². The van der Waals surface area contributed by atoms with Crippen LogP contribution in [-0.4, -0.2) is 29.5 Å². The summed E-state index contributed by atoms with van der Waals surface area (Å²) in [7, 11) is 0. The van der Waals surface area contributed by atoms with Crippen molar-refractivity contribution in [1.29, 1.82) is 0 Å². The van der Waals surface area contributed by atoms with Gasteiger partial charge >= 0.3 is 140 Å². The van der Waals surface area contributed by atoms with E-state index in [1.807, 2.05) is 12.1 Å². The van der Waals surface area contributed by atoms with Gasteiger partial charge in [-0.2, -0.15) is 0 Å². The molecular weight excluding hydrogens is 379 g/mol. The number of aromatic carboxylic acids is 1. The van der Waals surface area contributed by atoms with E-state index in [1.54, 1.807) is 0 Å². The van der Waals surface area contributed by atoms with E-state index in [1.165, 1.54) is 55.4 Å². The van der Waals surface area contributed by atoms with Gasteiger partial charge in [-0.05, 0) is 0 Å². The van der Waals surface area contributed by atoms with E-state index in [9.17, 15) is 9.90 Å². The summed E-state index contributed by atoms with van der Waals surface area (Å²) in [6.07, 6.45) is 7.43. The monoisotopic (exact) mass is 412 g/mol. The molecule has 0 aliphatic heterocycles. The van der Waals surface area contributed by atoms with Crippen LogP contribution in [0.3, 0.4) is 0 Å². The third-order valence-corrected chi connectivity index (χ3v) is 20.5. The Hall–Kier alpha value is -0.511. The minimum absolute atomic E-state index is 0.599. The van der Waals surface area contributed by atoms with Crippen molar-refractivity contribution in [2.24, 2.45) is 0 Å². The molecule has 1 N–H and O–H groups in total. The van der Waals surface area contributed by atoms with Crippen LogP contribution >= 0.6 is 0 Å². The van der Waals surface area contributed by atoms with Gasteiger partial charge in [0.1, 0.15) is 0 Å². The van der Waals surface area contributed by atoms with Gasteiger partial charge in [-0.15, -0.1) is 0 Å². The van der Waals surface area contributed by atoms with Crippen LogP contribution in [-0.2, 0) is 0 Å². The van der Waals surface area contributed by atoms with Crippen LogP contribution in [0, 0.1) is 0 Å². The van der Waals surface area contributed by atoms with Gasteiger partial charge in [-0.1, -0.05) is 0 Å². The van der Waals surface area contributed by atoms with Gasteiger partial charge in [0.05, 0.1) is 0 Å². The summed E-state index contributed by atoms with van der Waals surface area (Å²) in [5, 5.41) is 9.64. The summed E-state index contributed by atoms with van der Waals surface area (Å²) in [6.45, 7) is 6.75. The van der Waals surface area contributed by atoms with Crippen LogP contribution in [0.4, 0.5) is 0 Å². The van der Waals surface area contributed by atoms with Crippen molar-refractivity contribution in [3.05, 3.63) is 29.8 Å². The number of unbranched alkanes of at least 4 members (excludes halogenated alkanes) is 3. The average Bonchev–Trinajstić information content (AvgIpc) is 2.54. The molecule has 0 aliphatic carbocycles. The molecule has 0 saturated heterocycles. The molecule has 22 heavy (non-hydrogen) atoms. The van der Waals surface area contributed by atoms with E-state index in [4.69, 9.17) is 0 Å². The Morgan fingerprint density at radius 2 is 1.36 bits per heavy atom. The first-order valence-corrected chi connectivity index (χ1v) is 16.4. The molecule has 1 rings (SSSR count). The van der Waals surface area contributed by atoms with Crippen LogP contribution < -0.4 is 3.58 Å². The van der Waals surface area contributed by atoms with Crippen molar-refractivity contribution in [2.75, 3.05) is 0 Å². The zero-order valence-corrected chi connectivity index (χ0v) is 17.4. The fraction of sp³-hybridized carbons (Fsp3) is 0.632. The molecule has 0 fully saturated rings. The van der Waals surface area contributed by atoms with Crippen LogP contribution in [0.1, 0.15) is 69.7 Å². The first kappa shape index (κ1) is 19.5. The van der Waals surface area contributed by atoms with E-state index >= 15 is 0 Å². The van der Waals surface area contributed by atoms with Gasteiger partial charge in [0, 0.05) is 0 Å². The molecule has 1 aromatic carbocycles. The molecular formula is C19H32O2Sn. The fourth-order valence-electron chi connectivity index (χ4n) is 3.46. The van der Waals surface area contributed by atoms with Crippen molar-refractivity contribution in [3.8, 4) is 0 Å². The SMILES string of the molecule is CCC[CH2][Sn]([CH2]CCC)([CH2]CCC)[c]1ccccc1C(=O)O. The van der Waals surface area contributed by atoms with Crippen molar-refractivity contribution < 1.29 is 9.90 Å². The Balaban J connectivity index is 3.28. The van der Waals surface area contributed by atoms with E-state index in [-0.39, 0.29) is 0 Å². The molecule has 0 aliphatic rings. The number of carboxylic acid groups (broad SMARTS) is 1. The van der Waals surface area contributed by atoms with E-state index in [0.717, 1.165) is 0 Å². The predicted octanol–water partition coefficient (Wildman–Crippen LogP) is 5.44. The Morgan fingerprint density at radius 3 is 1.77 bits per heavy atom. The molecule has 0 amide bonds. The second-order valence-electron chi connectivity index (χ2n) is 6.44. The number of carbonyl (C=O) groups is 1. The fourth-order valence-corrected chi connectivity index (χ4v) is 20.2. The number of hydrogen-bond donors (Lipinski definition) is 1. The summed E-state index contributed by atoms with van der Waals surface area (Å²) in [5.74, 6) is -0.735. The van der Waals surface area contributed by atoms with Crippen molar-refractivity contribution in [2.45, 2.75) is 72.6 Å². The second kappa shape index (κ2) is 10.3. The molecule has 1 aromatic rings. The van der Waals surface area contributed by atoms with Crippen LogP contribution in [0.5, 0.6) is 0 Å². The molecule has 124 valence electrons. The normalized spacial score (nSPS) is 11.6. The summed E-state index contributed by atoms with van der Waals surface area (Å²) in [6, 6.07) is 7.91. The van der Waals surface area contributed by atoms with E-state index < -0.39 is 24.3 Å². The summed E-state index contributed by atoms with van der Waals surface area (Å²) < 4.78 is 5.22. The number of rotatable bonds is 11. The summed E-state index contributed by atoms with van der Waals surface area (Å²) in [5.41, 5.74) is 0.599. The third kappa shape index (κ3) is 5.29. The Labute approximate surface area is 140 Å². The van der Waals surface area contributed by atoms with Crippen LogP contribution in [0.25, 0.3) is 0 Å². The van der Waals surface area contributed by atoms with E-state index in [2.05, 4.69) is 32.9 Å². The maximum absolute atomic E-state index is 11.7. The molecule has 0 unspecified atom stereocenters. The molecule has 3 heteroatoms. The zero-order chi connectivity index (χ0) is 16.4. The van der Waals surface area contributed by atoms with Crippen molar-refractivity contribution >= 4 is 27.9 Å². The van der Waals surface area contributed by atoms with Gasteiger partial charge in [0.25, 0.3) is 0 Å². The number of benzene rings is 1. The Bertz CT molecular complexity index is 435. The molecule has 0 radical (unpaired) electrons. The maximum atomic E-state index is 11.7. The molecule has 0 bridgehead atoms. The molecule has 0 atom stereocenters. The minimum atomic E-state index is -2.62. The first-order chi connectivity index (χ1) is 10.6. The molecule has 0 aromatic heterocycles. The van der Waals surface area contributed by atoms with Gasteiger partial charge in [0.2, 0.25) is 0 Å². The molecule has 0 saturated carbocycles. The van der Waals surface area contributed by atoms with Crippen LogP contribution in [0.2, 0.25) is 13.3 Å². The van der Waals surface area contributed by atoms with Gasteiger partial charge in [0.15, 0.2) is 0 Å². The number of hydrogen-bond acceptors (Lipinski definition) is 1. The topological polar surface area (TPSA) is 37.3 Å². The summed E-state index contributed by atoms with van der Waals surface area (Å²) >= 11 is -2.62. The zero-order valence-electron chi connectivity index (χ0n) is 14.5. The van der Waals surface area contributed by atoms with Gasteiger partial charge in [-0.3, -0.25) is 0 Å². The predicted molar refractivity (Wildman–Crippen MR) is 97.9 cm³/mol. The van der Waals surface area contributed by atoms with E-state index in [0.29, 0.717) is 5.56 Å². The number of carboxylic acids is 1. The first-order valence-electron chi connectivity index (χ1n) is 8.94. The molecule has 2 nitrogen and oxygen atoms in total. The van der Waals surface area contributed by atoms with Crippen LogP contribution in [0.15, 0.2) is 24.3 Å². The second-order valence-corrected chi connectivity index (χ2v) is 19.6. The van der Waals surface area contributed by atoms with Crippen molar-refractivity contribution in [1.82, 2.24) is 0 Å². The van der Waals surface area contributed by atoms with Crippen molar-refractivity contribution in [3.63, 3.8) is 0 Å². The molecule has 0 spiro atoms. The Morgan fingerprint density at radius 1 is 0.909 bits per heavy atom.